The fraction of sp³-hybridized carbons (Fsp3) is 0.333. The second-order valence-corrected chi connectivity index (χ2v) is 4.73. The Kier molecular flexibility index (Phi) is 4.39. The molecule has 0 N–H and O–H groups in total. The molecule has 7 heteroatoms. The third kappa shape index (κ3) is 3.05. The van der Waals surface area contributed by atoms with Crippen molar-refractivity contribution in [3.8, 4) is 0 Å². The van der Waals surface area contributed by atoms with Crippen LogP contribution in [0.25, 0.3) is 0 Å². The van der Waals surface area contributed by atoms with Gasteiger partial charge in [-0.3, -0.25) is 9.48 Å². The van der Waals surface area contributed by atoms with Crippen LogP contribution in [0.3, 0.4) is 0 Å². The number of rotatable bonds is 5. The summed E-state index contributed by atoms with van der Waals surface area (Å²) in [7, 11) is 1.60. The number of methoxy groups -OCH3 is 1. The Morgan fingerprint density at radius 1 is 1.53 bits per heavy atom. The van der Waals surface area contributed by atoms with Gasteiger partial charge in [-0.1, -0.05) is 0 Å². The van der Waals surface area contributed by atoms with Crippen LogP contribution in [0.2, 0.25) is 0 Å². The second-order valence-electron chi connectivity index (χ2n) is 3.88. The molecule has 0 aliphatic carbocycles. The van der Waals surface area contributed by atoms with Gasteiger partial charge in [0.15, 0.2) is 0 Å². The number of halogens is 1. The van der Waals surface area contributed by atoms with Crippen molar-refractivity contribution in [2.45, 2.75) is 13.5 Å². The summed E-state index contributed by atoms with van der Waals surface area (Å²) in [6, 6.07) is 1.59. The molecule has 0 spiro atoms. The Hall–Kier alpha value is -1.60. The number of ether oxygens (including phenoxy) is 1. The molecule has 0 saturated carbocycles. The zero-order valence-corrected chi connectivity index (χ0v) is 12.2. The van der Waals surface area contributed by atoms with Crippen molar-refractivity contribution in [1.82, 2.24) is 19.7 Å². The number of hydrogen-bond acceptors (Lipinski definition) is 5. The number of carbonyl (C=O) groups excluding carboxylic acids is 1. The van der Waals surface area contributed by atoms with E-state index in [2.05, 4.69) is 31.0 Å². The Balaban J connectivity index is 2.35. The summed E-state index contributed by atoms with van der Waals surface area (Å²) in [5.74, 6) is 0.371. The van der Waals surface area contributed by atoms with Crippen molar-refractivity contribution >= 4 is 21.7 Å². The Morgan fingerprint density at radius 3 is 3.00 bits per heavy atom. The molecular weight excluding hydrogens is 312 g/mol. The van der Waals surface area contributed by atoms with Crippen molar-refractivity contribution in [1.29, 1.82) is 0 Å². The van der Waals surface area contributed by atoms with Crippen molar-refractivity contribution in [2.24, 2.45) is 0 Å². The molecule has 0 atom stereocenters. The third-order valence-electron chi connectivity index (χ3n) is 2.53. The molecule has 0 saturated heterocycles. The summed E-state index contributed by atoms with van der Waals surface area (Å²) in [5, 5.41) is 4.15. The highest BCUT2D eigenvalue weighted by molar-refractivity contribution is 9.10. The van der Waals surface area contributed by atoms with Gasteiger partial charge in [-0.25, -0.2) is 9.97 Å². The van der Waals surface area contributed by atoms with Crippen LogP contribution in [-0.4, -0.2) is 39.2 Å². The lowest BCUT2D eigenvalue weighted by atomic mass is 10.2. The van der Waals surface area contributed by atoms with Gasteiger partial charge < -0.3 is 4.74 Å². The number of carbonyl (C=O) groups is 1. The monoisotopic (exact) mass is 324 g/mol. The predicted molar refractivity (Wildman–Crippen MR) is 72.0 cm³/mol. The topological polar surface area (TPSA) is 69.9 Å². The smallest absolute Gasteiger partial charge is 0.230 e. The van der Waals surface area contributed by atoms with Crippen LogP contribution >= 0.6 is 15.9 Å². The molecule has 0 fully saturated rings. The van der Waals surface area contributed by atoms with Gasteiger partial charge in [0.1, 0.15) is 17.2 Å². The molecule has 2 aromatic heterocycles. The fourth-order valence-corrected chi connectivity index (χ4v) is 2.12. The molecule has 0 aliphatic heterocycles. The molecule has 2 rings (SSSR count). The molecule has 0 amide bonds. The van der Waals surface area contributed by atoms with E-state index in [-0.39, 0.29) is 5.78 Å². The Morgan fingerprint density at radius 2 is 2.32 bits per heavy atom. The summed E-state index contributed by atoms with van der Waals surface area (Å²) in [5.41, 5.74) is 0.822. The zero-order chi connectivity index (χ0) is 13.8. The number of aryl methyl sites for hydroxylation is 1. The summed E-state index contributed by atoms with van der Waals surface area (Å²) in [4.78, 5) is 20.6. The first kappa shape index (κ1) is 13.8. The van der Waals surface area contributed by atoms with Crippen LogP contribution in [-0.2, 0) is 11.3 Å². The van der Waals surface area contributed by atoms with Crippen LogP contribution < -0.4 is 0 Å². The van der Waals surface area contributed by atoms with Crippen molar-refractivity contribution in [3.63, 3.8) is 0 Å². The van der Waals surface area contributed by atoms with E-state index in [1.54, 1.807) is 37.2 Å². The molecular formula is C12H13BrN4O2. The van der Waals surface area contributed by atoms with E-state index in [0.29, 0.717) is 34.8 Å². The predicted octanol–water partition coefficient (Wildman–Crippen LogP) is 1.62. The summed E-state index contributed by atoms with van der Waals surface area (Å²) in [6.45, 7) is 2.73. The zero-order valence-electron chi connectivity index (χ0n) is 10.6. The molecule has 0 bridgehead atoms. The van der Waals surface area contributed by atoms with Gasteiger partial charge in [-0.05, 0) is 28.9 Å². The second kappa shape index (κ2) is 6.03. The molecule has 0 unspecified atom stereocenters. The molecule has 19 heavy (non-hydrogen) atoms. The van der Waals surface area contributed by atoms with E-state index in [1.165, 1.54) is 0 Å². The fourth-order valence-electron chi connectivity index (χ4n) is 1.64. The van der Waals surface area contributed by atoms with E-state index in [0.717, 1.165) is 0 Å². The molecule has 2 aromatic rings. The van der Waals surface area contributed by atoms with E-state index >= 15 is 0 Å². The van der Waals surface area contributed by atoms with Crippen LogP contribution in [0.1, 0.15) is 22.0 Å². The molecule has 0 aliphatic rings. The highest BCUT2D eigenvalue weighted by Gasteiger charge is 2.20. The van der Waals surface area contributed by atoms with Gasteiger partial charge in [0, 0.05) is 13.3 Å². The van der Waals surface area contributed by atoms with E-state index < -0.39 is 0 Å². The van der Waals surface area contributed by atoms with Crippen molar-refractivity contribution in [2.75, 3.05) is 13.7 Å². The molecule has 6 nitrogen and oxygen atoms in total. The lowest BCUT2D eigenvalue weighted by Crippen LogP contribution is -2.16. The molecule has 0 radical (unpaired) electrons. The third-order valence-corrected chi connectivity index (χ3v) is 3.11. The largest absolute Gasteiger partial charge is 0.383 e. The number of aromatic nitrogens is 4. The maximum Gasteiger partial charge on any atom is 0.230 e. The molecule has 0 aromatic carbocycles. The van der Waals surface area contributed by atoms with Gasteiger partial charge in [-0.2, -0.15) is 5.10 Å². The van der Waals surface area contributed by atoms with Gasteiger partial charge in [-0.15, -0.1) is 0 Å². The minimum atomic E-state index is -0.189. The first-order chi connectivity index (χ1) is 9.13. The SMILES string of the molecule is COCCn1ncc(Br)c1C(=O)c1ccnc(C)n1. The van der Waals surface area contributed by atoms with Crippen molar-refractivity contribution in [3.05, 3.63) is 40.1 Å². The normalized spacial score (nSPS) is 10.7. The summed E-state index contributed by atoms with van der Waals surface area (Å²) < 4.78 is 7.25. The minimum absolute atomic E-state index is 0.189. The average molecular weight is 325 g/mol. The van der Waals surface area contributed by atoms with Gasteiger partial charge in [0.25, 0.3) is 0 Å². The molecule has 100 valence electrons. The Labute approximate surface area is 119 Å². The standard InChI is InChI=1S/C12H13BrN4O2/c1-8-14-4-3-10(16-8)12(18)11-9(13)7-15-17(11)5-6-19-2/h3-4,7H,5-6H2,1-2H3. The maximum atomic E-state index is 12.4. The van der Waals surface area contributed by atoms with E-state index in [9.17, 15) is 4.79 Å². The quantitative estimate of drug-likeness (QED) is 0.782. The first-order valence-electron chi connectivity index (χ1n) is 5.68. The van der Waals surface area contributed by atoms with Crippen LogP contribution in [0.4, 0.5) is 0 Å². The van der Waals surface area contributed by atoms with Crippen LogP contribution in [0, 0.1) is 6.92 Å². The van der Waals surface area contributed by atoms with Crippen LogP contribution in [0.15, 0.2) is 22.9 Å². The highest BCUT2D eigenvalue weighted by Crippen LogP contribution is 2.19. The highest BCUT2D eigenvalue weighted by atomic mass is 79.9. The number of hydrogen-bond donors (Lipinski definition) is 0. The number of nitrogens with zero attached hydrogens (tertiary/aromatic N) is 4. The van der Waals surface area contributed by atoms with Gasteiger partial charge in [0.05, 0.1) is 23.8 Å². The maximum absolute atomic E-state index is 12.4. The van der Waals surface area contributed by atoms with Gasteiger partial charge in [0.2, 0.25) is 5.78 Å². The lowest BCUT2D eigenvalue weighted by Gasteiger charge is -2.06. The summed E-state index contributed by atoms with van der Waals surface area (Å²) >= 11 is 3.34. The van der Waals surface area contributed by atoms with Crippen LogP contribution in [0.5, 0.6) is 0 Å². The first-order valence-corrected chi connectivity index (χ1v) is 6.47. The van der Waals surface area contributed by atoms with E-state index in [4.69, 9.17) is 4.74 Å². The number of ketones is 1. The average Bonchev–Trinajstić information content (AvgIpc) is 2.76. The Bertz CT molecular complexity index is 597. The minimum Gasteiger partial charge on any atom is -0.383 e. The molecule has 2 heterocycles. The summed E-state index contributed by atoms with van der Waals surface area (Å²) in [6.07, 6.45) is 3.16. The van der Waals surface area contributed by atoms with Crippen molar-refractivity contribution < 1.29 is 9.53 Å². The van der Waals surface area contributed by atoms with E-state index in [1.807, 2.05) is 0 Å². The van der Waals surface area contributed by atoms with Gasteiger partial charge >= 0.3 is 0 Å². The lowest BCUT2D eigenvalue weighted by molar-refractivity contribution is 0.101.